The highest BCUT2D eigenvalue weighted by Gasteiger charge is 2.11. The average molecular weight is 279 g/mol. The quantitative estimate of drug-likeness (QED) is 0.768. The van der Waals surface area contributed by atoms with Crippen LogP contribution < -0.4 is 5.32 Å². The number of para-hydroxylation sites is 1. The van der Waals surface area contributed by atoms with Crippen molar-refractivity contribution in [3.8, 4) is 0 Å². The number of aryl methyl sites for hydroxylation is 1. The van der Waals surface area contributed by atoms with Crippen LogP contribution in [0, 0.1) is 6.92 Å². The molecule has 0 bridgehead atoms. The summed E-state index contributed by atoms with van der Waals surface area (Å²) in [5, 5.41) is 13.0. The van der Waals surface area contributed by atoms with Crippen LogP contribution in [0.2, 0.25) is 0 Å². The predicted molar refractivity (Wildman–Crippen MR) is 81.0 cm³/mol. The van der Waals surface area contributed by atoms with Crippen LogP contribution in [0.4, 0.5) is 11.5 Å². The second-order valence-electron chi connectivity index (χ2n) is 4.69. The molecule has 5 nitrogen and oxygen atoms in total. The van der Waals surface area contributed by atoms with Crippen LogP contribution in [0.15, 0.2) is 48.7 Å². The van der Waals surface area contributed by atoms with E-state index in [1.807, 2.05) is 25.1 Å². The molecular weight excluding hydrogens is 266 g/mol. The Bertz CT molecular complexity index is 813. The van der Waals surface area contributed by atoms with Crippen LogP contribution in [0.25, 0.3) is 10.9 Å². The van der Waals surface area contributed by atoms with Crippen LogP contribution in [-0.4, -0.2) is 21.0 Å². The van der Waals surface area contributed by atoms with Crippen molar-refractivity contribution in [1.82, 2.24) is 9.97 Å². The number of rotatable bonds is 3. The fourth-order valence-electron chi connectivity index (χ4n) is 2.11. The lowest BCUT2D eigenvalue weighted by molar-refractivity contribution is 0.0699. The summed E-state index contributed by atoms with van der Waals surface area (Å²) in [6.45, 7) is 1.90. The Labute approximate surface area is 121 Å². The first-order chi connectivity index (χ1) is 10.1. The van der Waals surface area contributed by atoms with Gasteiger partial charge in [-0.05, 0) is 31.2 Å². The van der Waals surface area contributed by atoms with Crippen molar-refractivity contribution in [1.29, 1.82) is 0 Å². The lowest BCUT2D eigenvalue weighted by Gasteiger charge is -2.09. The Morgan fingerprint density at radius 1 is 1.19 bits per heavy atom. The summed E-state index contributed by atoms with van der Waals surface area (Å²) >= 11 is 0. The molecule has 0 saturated carbocycles. The van der Waals surface area contributed by atoms with Gasteiger partial charge in [-0.1, -0.05) is 18.2 Å². The number of carbonyl (C=O) groups is 1. The Hall–Kier alpha value is -2.95. The summed E-state index contributed by atoms with van der Waals surface area (Å²) in [5.74, 6) is -0.490. The number of benzene rings is 1. The number of nitrogens with one attached hydrogen (secondary N) is 1. The number of hydrogen-bond acceptors (Lipinski definition) is 4. The molecule has 3 aromatic rings. The van der Waals surface area contributed by atoms with E-state index >= 15 is 0 Å². The van der Waals surface area contributed by atoms with Gasteiger partial charge in [0.2, 0.25) is 0 Å². The Kier molecular flexibility index (Phi) is 3.23. The molecule has 1 aromatic carbocycles. The summed E-state index contributed by atoms with van der Waals surface area (Å²) in [6.07, 6.45) is 1.69. The molecule has 3 rings (SSSR count). The van der Waals surface area contributed by atoms with Crippen LogP contribution in [0.3, 0.4) is 0 Å². The SMILES string of the molecule is Cc1ccc(Nc2cc(C(=O)O)c3ccccc3n2)cn1. The van der Waals surface area contributed by atoms with Crippen LogP contribution >= 0.6 is 0 Å². The first-order valence-corrected chi connectivity index (χ1v) is 6.46. The molecule has 2 N–H and O–H groups in total. The van der Waals surface area contributed by atoms with Gasteiger partial charge in [0.25, 0.3) is 0 Å². The number of carboxylic acids is 1. The van der Waals surface area contributed by atoms with E-state index in [0.29, 0.717) is 16.7 Å². The highest BCUT2D eigenvalue weighted by atomic mass is 16.4. The number of carboxylic acid groups (broad SMARTS) is 1. The van der Waals surface area contributed by atoms with Gasteiger partial charge in [0, 0.05) is 11.1 Å². The standard InChI is InChI=1S/C16H13N3O2/c1-10-6-7-11(9-17-10)18-15-8-13(16(20)21)12-4-2-3-5-14(12)19-15/h2-9H,1H3,(H,18,19)(H,20,21). The molecule has 2 heterocycles. The summed E-state index contributed by atoms with van der Waals surface area (Å²) in [5.41, 5.74) is 2.54. The van der Waals surface area contributed by atoms with Gasteiger partial charge < -0.3 is 10.4 Å². The largest absolute Gasteiger partial charge is 0.478 e. The Morgan fingerprint density at radius 2 is 2.00 bits per heavy atom. The fourth-order valence-corrected chi connectivity index (χ4v) is 2.11. The van der Waals surface area contributed by atoms with Crippen molar-refractivity contribution in [2.45, 2.75) is 6.92 Å². The lowest BCUT2D eigenvalue weighted by Crippen LogP contribution is -2.02. The molecule has 0 aliphatic carbocycles. The molecule has 0 spiro atoms. The summed E-state index contributed by atoms with van der Waals surface area (Å²) in [7, 11) is 0. The third kappa shape index (κ3) is 2.67. The molecule has 104 valence electrons. The first-order valence-electron chi connectivity index (χ1n) is 6.46. The van der Waals surface area contributed by atoms with E-state index in [-0.39, 0.29) is 5.56 Å². The number of nitrogens with zero attached hydrogens (tertiary/aromatic N) is 2. The molecule has 0 unspecified atom stereocenters. The molecule has 0 amide bonds. The number of anilines is 2. The molecule has 0 saturated heterocycles. The van der Waals surface area contributed by atoms with E-state index in [0.717, 1.165) is 11.4 Å². The zero-order valence-electron chi connectivity index (χ0n) is 11.4. The van der Waals surface area contributed by atoms with E-state index in [9.17, 15) is 9.90 Å². The first kappa shape index (κ1) is 13.1. The molecule has 0 atom stereocenters. The molecule has 0 aliphatic rings. The zero-order valence-corrected chi connectivity index (χ0v) is 11.4. The second kappa shape index (κ2) is 5.20. The number of hydrogen-bond donors (Lipinski definition) is 2. The van der Waals surface area contributed by atoms with Crippen molar-refractivity contribution in [2.75, 3.05) is 5.32 Å². The summed E-state index contributed by atoms with van der Waals surface area (Å²) in [4.78, 5) is 20.0. The van der Waals surface area contributed by atoms with Crippen LogP contribution in [0.1, 0.15) is 16.1 Å². The van der Waals surface area contributed by atoms with E-state index in [1.165, 1.54) is 6.07 Å². The van der Waals surface area contributed by atoms with Gasteiger partial charge in [-0.3, -0.25) is 4.98 Å². The molecule has 0 radical (unpaired) electrons. The van der Waals surface area contributed by atoms with Gasteiger partial charge in [-0.25, -0.2) is 9.78 Å². The van der Waals surface area contributed by atoms with E-state index in [2.05, 4.69) is 15.3 Å². The van der Waals surface area contributed by atoms with Gasteiger partial charge in [0.1, 0.15) is 5.82 Å². The van der Waals surface area contributed by atoms with Crippen molar-refractivity contribution < 1.29 is 9.90 Å². The monoisotopic (exact) mass is 279 g/mol. The van der Waals surface area contributed by atoms with Gasteiger partial charge in [-0.2, -0.15) is 0 Å². The maximum Gasteiger partial charge on any atom is 0.336 e. The minimum Gasteiger partial charge on any atom is -0.478 e. The third-order valence-corrected chi connectivity index (χ3v) is 3.13. The average Bonchev–Trinajstić information content (AvgIpc) is 2.48. The predicted octanol–water partition coefficient (Wildman–Crippen LogP) is 3.38. The molecule has 0 fully saturated rings. The zero-order chi connectivity index (χ0) is 14.8. The molecule has 5 heteroatoms. The Balaban J connectivity index is 2.06. The topological polar surface area (TPSA) is 75.1 Å². The lowest BCUT2D eigenvalue weighted by atomic mass is 10.1. The van der Waals surface area contributed by atoms with E-state index in [1.54, 1.807) is 24.4 Å². The Morgan fingerprint density at radius 3 is 2.71 bits per heavy atom. The fraction of sp³-hybridized carbons (Fsp3) is 0.0625. The van der Waals surface area contributed by atoms with Gasteiger partial charge >= 0.3 is 5.97 Å². The van der Waals surface area contributed by atoms with Gasteiger partial charge in [-0.15, -0.1) is 0 Å². The van der Waals surface area contributed by atoms with Gasteiger partial charge in [0.15, 0.2) is 0 Å². The normalized spacial score (nSPS) is 10.5. The number of aromatic carboxylic acids is 1. The van der Waals surface area contributed by atoms with Crippen molar-refractivity contribution in [2.24, 2.45) is 0 Å². The molecule has 0 aliphatic heterocycles. The maximum atomic E-state index is 11.4. The summed E-state index contributed by atoms with van der Waals surface area (Å²) < 4.78 is 0. The van der Waals surface area contributed by atoms with E-state index in [4.69, 9.17) is 0 Å². The molecular formula is C16H13N3O2. The van der Waals surface area contributed by atoms with Crippen molar-refractivity contribution >= 4 is 28.4 Å². The van der Waals surface area contributed by atoms with E-state index < -0.39 is 5.97 Å². The highest BCUT2D eigenvalue weighted by molar-refractivity contribution is 6.03. The summed E-state index contributed by atoms with van der Waals surface area (Å²) in [6, 6.07) is 12.5. The van der Waals surface area contributed by atoms with Gasteiger partial charge in [0.05, 0.1) is 23.0 Å². The number of aromatic nitrogens is 2. The maximum absolute atomic E-state index is 11.4. The van der Waals surface area contributed by atoms with Crippen LogP contribution in [0.5, 0.6) is 0 Å². The molecule has 21 heavy (non-hydrogen) atoms. The number of pyridine rings is 2. The van der Waals surface area contributed by atoms with Crippen molar-refractivity contribution in [3.05, 3.63) is 59.9 Å². The third-order valence-electron chi connectivity index (χ3n) is 3.13. The van der Waals surface area contributed by atoms with Crippen molar-refractivity contribution in [3.63, 3.8) is 0 Å². The van der Waals surface area contributed by atoms with Crippen LogP contribution in [-0.2, 0) is 0 Å². The highest BCUT2D eigenvalue weighted by Crippen LogP contribution is 2.23. The molecule has 2 aromatic heterocycles. The second-order valence-corrected chi connectivity index (χ2v) is 4.69. The number of fused-ring (bicyclic) bond motifs is 1. The smallest absolute Gasteiger partial charge is 0.336 e. The minimum atomic E-state index is -0.973. The minimum absolute atomic E-state index is 0.225.